The van der Waals surface area contributed by atoms with Crippen LogP contribution in [0.3, 0.4) is 0 Å². The second kappa shape index (κ2) is 13.5. The fourth-order valence-corrected chi connectivity index (χ4v) is 5.24. The predicted molar refractivity (Wildman–Crippen MR) is 180 cm³/mol. The maximum Gasteiger partial charge on any atom is 0.413 e. The molecule has 0 saturated heterocycles. The molecule has 0 bridgehead atoms. The highest BCUT2D eigenvalue weighted by Gasteiger charge is 2.37. The number of methoxy groups -OCH3 is 1. The smallest absolute Gasteiger partial charge is 0.413 e. The molecule has 3 heterocycles. The van der Waals surface area contributed by atoms with E-state index in [0.29, 0.717) is 41.9 Å². The second-order valence-corrected chi connectivity index (χ2v) is 18.4. The first-order valence-electron chi connectivity index (χ1n) is 15.1. The number of hydrogen-bond acceptors (Lipinski definition) is 9. The molecule has 1 aromatic carbocycles. The van der Waals surface area contributed by atoms with Gasteiger partial charge in [0, 0.05) is 18.3 Å². The van der Waals surface area contributed by atoms with Crippen molar-refractivity contribution in [2.45, 2.75) is 84.8 Å². The third-order valence-corrected chi connectivity index (χ3v) is 12.1. The number of aromatic nitrogens is 4. The van der Waals surface area contributed by atoms with Crippen molar-refractivity contribution in [3.05, 3.63) is 60.4 Å². The van der Waals surface area contributed by atoms with Gasteiger partial charge in [-0.2, -0.15) is 5.10 Å². The number of anilines is 2. The summed E-state index contributed by atoms with van der Waals surface area (Å²) >= 11 is 0. The van der Waals surface area contributed by atoms with E-state index < -0.39 is 20.0 Å². The summed E-state index contributed by atoms with van der Waals surface area (Å²) < 4.78 is 25.3. The Morgan fingerprint density at radius 1 is 0.978 bits per heavy atom. The summed E-state index contributed by atoms with van der Waals surface area (Å²) in [6, 6.07) is 13.0. The number of carbonyl (C=O) groups is 1. The third kappa shape index (κ3) is 8.95. The number of nitrogens with one attached hydrogen (secondary N) is 2. The van der Waals surface area contributed by atoms with Crippen LogP contribution in [0.25, 0.3) is 11.0 Å². The maximum atomic E-state index is 12.2. The minimum absolute atomic E-state index is 0.0282. The van der Waals surface area contributed by atoms with Gasteiger partial charge in [-0.1, -0.05) is 32.9 Å². The van der Waals surface area contributed by atoms with Crippen LogP contribution in [-0.4, -0.2) is 59.5 Å². The molecule has 3 aromatic heterocycles. The Hall–Kier alpha value is -4.16. The van der Waals surface area contributed by atoms with E-state index in [4.69, 9.17) is 23.7 Å². The number of carbonyl (C=O) groups excluding carboxylic acids is 1. The number of ether oxygens (including phenoxy) is 3. The van der Waals surface area contributed by atoms with E-state index in [1.165, 1.54) is 0 Å². The molecule has 0 saturated carbocycles. The molecule has 1 atom stereocenters. The van der Waals surface area contributed by atoms with Gasteiger partial charge in [0.1, 0.15) is 34.1 Å². The molecule has 4 rings (SSSR count). The molecule has 0 unspecified atom stereocenters. The third-order valence-electron chi connectivity index (χ3n) is 7.56. The fraction of sp³-hybridized carbons (Fsp3) is 0.455. The molecule has 11 nitrogen and oxygen atoms in total. The van der Waals surface area contributed by atoms with Gasteiger partial charge in [-0.05, 0) is 75.7 Å². The zero-order chi connectivity index (χ0) is 33.0. The minimum Gasteiger partial charge on any atom is -0.497 e. The van der Waals surface area contributed by atoms with Gasteiger partial charge in [-0.15, -0.1) is 0 Å². The van der Waals surface area contributed by atoms with E-state index in [2.05, 4.69) is 61.4 Å². The Bertz CT molecular complexity index is 1590. The summed E-state index contributed by atoms with van der Waals surface area (Å²) in [6.45, 7) is 19.7. The SMILES string of the molecule is COc1ccc(Cn2nc(N[C@H](C)CO[Si](C)(C)C(C)(C)C)c3c(Oc4ccc(NC(=O)OC(C)(C)C)nc4)ccnc32)cc1. The topological polar surface area (TPSA) is 122 Å². The van der Waals surface area contributed by atoms with E-state index >= 15 is 0 Å². The Morgan fingerprint density at radius 2 is 1.67 bits per heavy atom. The molecule has 0 radical (unpaired) electrons. The highest BCUT2D eigenvalue weighted by atomic mass is 28.4. The summed E-state index contributed by atoms with van der Waals surface area (Å²) in [7, 11) is -0.286. The van der Waals surface area contributed by atoms with Crippen LogP contribution in [0.1, 0.15) is 54.0 Å². The Balaban J connectivity index is 1.62. The van der Waals surface area contributed by atoms with Crippen LogP contribution in [0.4, 0.5) is 16.4 Å². The van der Waals surface area contributed by atoms with Crippen molar-refractivity contribution in [1.29, 1.82) is 0 Å². The Kier molecular flexibility index (Phi) is 10.1. The zero-order valence-electron chi connectivity index (χ0n) is 28.0. The number of amides is 1. The molecule has 0 aliphatic carbocycles. The first kappa shape index (κ1) is 33.7. The average Bonchev–Trinajstić information content (AvgIpc) is 3.29. The monoisotopic (exact) mass is 634 g/mol. The summed E-state index contributed by atoms with van der Waals surface area (Å²) in [6.07, 6.45) is 2.67. The van der Waals surface area contributed by atoms with E-state index in [1.807, 2.05) is 28.9 Å². The molecular weight excluding hydrogens is 588 g/mol. The Morgan fingerprint density at radius 3 is 2.27 bits per heavy atom. The van der Waals surface area contributed by atoms with Gasteiger partial charge in [0.25, 0.3) is 0 Å². The molecule has 45 heavy (non-hydrogen) atoms. The van der Waals surface area contributed by atoms with E-state index in [-0.39, 0.29) is 11.1 Å². The normalized spacial score (nSPS) is 12.9. The van der Waals surface area contributed by atoms with Crippen molar-refractivity contribution in [1.82, 2.24) is 19.7 Å². The van der Waals surface area contributed by atoms with Gasteiger partial charge in [0.05, 0.1) is 26.5 Å². The molecule has 242 valence electrons. The number of rotatable bonds is 11. The van der Waals surface area contributed by atoms with Crippen molar-refractivity contribution >= 4 is 37.1 Å². The molecule has 2 N–H and O–H groups in total. The first-order valence-corrected chi connectivity index (χ1v) is 18.0. The summed E-state index contributed by atoms with van der Waals surface area (Å²) in [5.74, 6) is 2.83. The molecule has 4 aromatic rings. The predicted octanol–water partition coefficient (Wildman–Crippen LogP) is 7.84. The van der Waals surface area contributed by atoms with Crippen LogP contribution >= 0.6 is 0 Å². The molecule has 1 amide bonds. The van der Waals surface area contributed by atoms with Crippen molar-refractivity contribution < 1.29 is 23.4 Å². The van der Waals surface area contributed by atoms with Crippen LogP contribution in [0.2, 0.25) is 18.1 Å². The van der Waals surface area contributed by atoms with Crippen LogP contribution in [-0.2, 0) is 15.7 Å². The zero-order valence-corrected chi connectivity index (χ0v) is 29.0. The molecule has 0 aliphatic rings. The van der Waals surface area contributed by atoms with Gasteiger partial charge in [0.2, 0.25) is 0 Å². The lowest BCUT2D eigenvalue weighted by atomic mass is 10.2. The number of benzene rings is 1. The Labute approximate surface area is 266 Å². The summed E-state index contributed by atoms with van der Waals surface area (Å²) in [4.78, 5) is 21.2. The minimum atomic E-state index is -1.94. The second-order valence-electron chi connectivity index (χ2n) is 13.6. The standard InChI is InChI=1S/C33H46N6O5Si/c1-22(21-42-45(9,10)33(5,6)7)36-29-28-26(43-25-15-16-27(35-19-25)37-31(40)44-32(2,3)4)17-18-34-30(28)39(38-29)20-23-11-13-24(41-8)14-12-23/h11-19,22H,20-21H2,1-10H3,(H,36,38)(H,35,37,40)/t22-/m1/s1. The largest absolute Gasteiger partial charge is 0.497 e. The maximum absolute atomic E-state index is 12.2. The highest BCUT2D eigenvalue weighted by Crippen LogP contribution is 2.37. The lowest BCUT2D eigenvalue weighted by Crippen LogP contribution is -2.43. The van der Waals surface area contributed by atoms with Crippen LogP contribution in [0, 0.1) is 0 Å². The van der Waals surface area contributed by atoms with Crippen molar-refractivity contribution in [3.8, 4) is 17.2 Å². The molecule has 12 heteroatoms. The van der Waals surface area contributed by atoms with Crippen molar-refractivity contribution in [3.63, 3.8) is 0 Å². The van der Waals surface area contributed by atoms with Crippen LogP contribution in [0.15, 0.2) is 54.9 Å². The lowest BCUT2D eigenvalue weighted by molar-refractivity contribution is 0.0635. The number of pyridine rings is 2. The van der Waals surface area contributed by atoms with Crippen molar-refractivity contribution in [2.75, 3.05) is 24.4 Å². The fourth-order valence-electron chi connectivity index (χ4n) is 4.14. The van der Waals surface area contributed by atoms with Crippen LogP contribution < -0.4 is 20.1 Å². The number of fused-ring (bicyclic) bond motifs is 1. The summed E-state index contributed by atoms with van der Waals surface area (Å²) in [5, 5.41) is 12.0. The highest BCUT2D eigenvalue weighted by molar-refractivity contribution is 6.74. The number of nitrogens with zero attached hydrogens (tertiary/aromatic N) is 4. The van der Waals surface area contributed by atoms with Gasteiger partial charge in [0.15, 0.2) is 19.8 Å². The van der Waals surface area contributed by atoms with Gasteiger partial charge < -0.3 is 24.0 Å². The van der Waals surface area contributed by atoms with Gasteiger partial charge in [-0.3, -0.25) is 5.32 Å². The van der Waals surface area contributed by atoms with E-state index in [1.54, 1.807) is 58.5 Å². The van der Waals surface area contributed by atoms with Crippen LogP contribution in [0.5, 0.6) is 17.2 Å². The van der Waals surface area contributed by atoms with Gasteiger partial charge >= 0.3 is 6.09 Å². The average molecular weight is 635 g/mol. The molecular formula is C33H46N6O5Si. The summed E-state index contributed by atoms with van der Waals surface area (Å²) in [5.41, 5.74) is 1.10. The first-order chi connectivity index (χ1) is 21.0. The van der Waals surface area contributed by atoms with Gasteiger partial charge in [-0.25, -0.2) is 19.4 Å². The quantitative estimate of drug-likeness (QED) is 0.159. The van der Waals surface area contributed by atoms with E-state index in [9.17, 15) is 4.79 Å². The van der Waals surface area contributed by atoms with Crippen molar-refractivity contribution in [2.24, 2.45) is 0 Å². The molecule has 0 fully saturated rings. The van der Waals surface area contributed by atoms with E-state index in [0.717, 1.165) is 16.7 Å². The molecule has 0 spiro atoms. The molecule has 0 aliphatic heterocycles. The lowest BCUT2D eigenvalue weighted by Gasteiger charge is -2.37. The number of hydrogen-bond donors (Lipinski definition) is 2.